The molecule has 0 saturated carbocycles. The van der Waals surface area contributed by atoms with Crippen LogP contribution in [0.4, 0.5) is 0 Å². The highest BCUT2D eigenvalue weighted by molar-refractivity contribution is 9.09. The van der Waals surface area contributed by atoms with Crippen molar-refractivity contribution in [2.75, 3.05) is 6.61 Å². The molecule has 1 aliphatic heterocycles. The molecule has 1 aliphatic rings. The van der Waals surface area contributed by atoms with E-state index in [2.05, 4.69) is 22.0 Å². The predicted octanol–water partition coefficient (Wildman–Crippen LogP) is 2.36. The molecule has 2 nitrogen and oxygen atoms in total. The fourth-order valence-electron chi connectivity index (χ4n) is 1.55. The number of aryl methyl sites for hydroxylation is 1. The molecule has 1 aromatic carbocycles. The number of alkyl halides is 1. The maximum absolute atomic E-state index is 5.72. The van der Waals surface area contributed by atoms with Crippen LogP contribution in [0.1, 0.15) is 22.5 Å². The van der Waals surface area contributed by atoms with Crippen LogP contribution in [0.5, 0.6) is 5.75 Å². The van der Waals surface area contributed by atoms with E-state index in [0.717, 1.165) is 30.8 Å². The first kappa shape index (κ1) is 9.03. The van der Waals surface area contributed by atoms with Gasteiger partial charge >= 0.3 is 0 Å². The van der Waals surface area contributed by atoms with Crippen LogP contribution in [0.3, 0.4) is 0 Å². The molecule has 2 N–H and O–H groups in total. The summed E-state index contributed by atoms with van der Waals surface area (Å²) in [5.74, 6) is 1.02. The van der Waals surface area contributed by atoms with Crippen LogP contribution >= 0.6 is 15.9 Å². The summed E-state index contributed by atoms with van der Waals surface area (Å²) in [6.45, 7) is 0.840. The Hall–Kier alpha value is -0.540. The highest BCUT2D eigenvalue weighted by Gasteiger charge is 2.11. The molecule has 1 heterocycles. The van der Waals surface area contributed by atoms with Crippen molar-refractivity contribution in [2.24, 2.45) is 5.73 Å². The molecule has 1 atom stereocenters. The zero-order chi connectivity index (χ0) is 9.26. The lowest BCUT2D eigenvalue weighted by Gasteiger charge is -2.18. The Morgan fingerprint density at radius 1 is 1.46 bits per heavy atom. The molecular formula is C10H12BrNO. The second-order valence-corrected chi connectivity index (χ2v) is 4.21. The average molecular weight is 242 g/mol. The summed E-state index contributed by atoms with van der Waals surface area (Å²) >= 11 is 3.35. The molecule has 2 rings (SSSR count). The molecule has 0 saturated heterocycles. The lowest BCUT2D eigenvalue weighted by atomic mass is 10.0. The van der Waals surface area contributed by atoms with Crippen LogP contribution in [0.15, 0.2) is 18.2 Å². The quantitative estimate of drug-likeness (QED) is 0.606. The van der Waals surface area contributed by atoms with Gasteiger partial charge in [-0.1, -0.05) is 22.0 Å². The first-order valence-electron chi connectivity index (χ1n) is 4.42. The van der Waals surface area contributed by atoms with Gasteiger partial charge in [0.25, 0.3) is 0 Å². The summed E-state index contributed by atoms with van der Waals surface area (Å²) in [5, 5.41) is 0. The van der Waals surface area contributed by atoms with Gasteiger partial charge in [0.2, 0.25) is 0 Å². The largest absolute Gasteiger partial charge is 0.493 e. The highest BCUT2D eigenvalue weighted by atomic mass is 79.9. The van der Waals surface area contributed by atoms with Gasteiger partial charge in [0.1, 0.15) is 5.75 Å². The molecule has 0 radical (unpaired) electrons. The Balaban J connectivity index is 2.35. The van der Waals surface area contributed by atoms with E-state index in [9.17, 15) is 0 Å². The van der Waals surface area contributed by atoms with E-state index in [0.29, 0.717) is 0 Å². The third-order valence-electron chi connectivity index (χ3n) is 2.25. The average Bonchev–Trinajstić information content (AvgIpc) is 2.17. The number of hydrogen-bond donors (Lipinski definition) is 1. The summed E-state index contributed by atoms with van der Waals surface area (Å²) in [5.41, 5.74) is 8.11. The van der Waals surface area contributed by atoms with Crippen molar-refractivity contribution < 1.29 is 4.74 Å². The standard InChI is InChI=1S/C10H12BrNO/c11-10(12)8-3-4-9-7(6-8)2-1-5-13-9/h3-4,6,10H,1-2,5,12H2. The molecule has 1 aromatic rings. The molecule has 3 heteroatoms. The second-order valence-electron chi connectivity index (χ2n) is 3.22. The van der Waals surface area contributed by atoms with Gasteiger partial charge in [-0.3, -0.25) is 0 Å². The van der Waals surface area contributed by atoms with Crippen molar-refractivity contribution in [1.82, 2.24) is 0 Å². The van der Waals surface area contributed by atoms with Gasteiger partial charge in [-0.25, -0.2) is 0 Å². The summed E-state index contributed by atoms with van der Waals surface area (Å²) in [7, 11) is 0. The zero-order valence-corrected chi connectivity index (χ0v) is 8.88. The number of benzene rings is 1. The monoisotopic (exact) mass is 241 g/mol. The highest BCUT2D eigenvalue weighted by Crippen LogP contribution is 2.28. The number of ether oxygens (including phenoxy) is 1. The Morgan fingerprint density at radius 3 is 3.08 bits per heavy atom. The van der Waals surface area contributed by atoms with Gasteiger partial charge in [0.15, 0.2) is 0 Å². The molecule has 0 spiro atoms. The van der Waals surface area contributed by atoms with Gasteiger partial charge < -0.3 is 10.5 Å². The Bertz CT molecular complexity index is 312. The first-order valence-corrected chi connectivity index (χ1v) is 5.34. The van der Waals surface area contributed by atoms with Gasteiger partial charge in [-0.05, 0) is 36.1 Å². The van der Waals surface area contributed by atoms with Gasteiger partial charge in [-0.15, -0.1) is 0 Å². The molecule has 1 unspecified atom stereocenters. The molecule has 0 amide bonds. The number of halogens is 1. The van der Waals surface area contributed by atoms with Crippen molar-refractivity contribution in [2.45, 2.75) is 17.8 Å². The van der Waals surface area contributed by atoms with Crippen LogP contribution in [-0.2, 0) is 6.42 Å². The lowest BCUT2D eigenvalue weighted by Crippen LogP contribution is -2.10. The maximum Gasteiger partial charge on any atom is 0.122 e. The summed E-state index contributed by atoms with van der Waals surface area (Å²) < 4.78 is 5.50. The Kier molecular flexibility index (Phi) is 2.56. The van der Waals surface area contributed by atoms with E-state index in [1.54, 1.807) is 0 Å². The van der Waals surface area contributed by atoms with Crippen LogP contribution < -0.4 is 10.5 Å². The van der Waals surface area contributed by atoms with Crippen molar-refractivity contribution >= 4 is 15.9 Å². The van der Waals surface area contributed by atoms with Crippen LogP contribution in [0.25, 0.3) is 0 Å². The zero-order valence-electron chi connectivity index (χ0n) is 7.29. The maximum atomic E-state index is 5.72. The van der Waals surface area contributed by atoms with Gasteiger partial charge in [-0.2, -0.15) is 0 Å². The Morgan fingerprint density at radius 2 is 2.31 bits per heavy atom. The SMILES string of the molecule is NC(Br)c1ccc2c(c1)CCCO2. The van der Waals surface area contributed by atoms with Crippen molar-refractivity contribution in [3.8, 4) is 5.75 Å². The van der Waals surface area contributed by atoms with E-state index in [1.165, 1.54) is 5.56 Å². The minimum Gasteiger partial charge on any atom is -0.493 e. The third kappa shape index (κ3) is 1.86. The smallest absolute Gasteiger partial charge is 0.122 e. The minimum absolute atomic E-state index is 0.0697. The normalized spacial score (nSPS) is 17.4. The topological polar surface area (TPSA) is 35.2 Å². The second kappa shape index (κ2) is 3.68. The predicted molar refractivity (Wildman–Crippen MR) is 56.1 cm³/mol. The molecule has 70 valence electrons. The number of fused-ring (bicyclic) bond motifs is 1. The summed E-state index contributed by atoms with van der Waals surface area (Å²) in [4.78, 5) is -0.0697. The number of hydrogen-bond acceptors (Lipinski definition) is 2. The van der Waals surface area contributed by atoms with E-state index >= 15 is 0 Å². The Labute approximate surface area is 86.2 Å². The van der Waals surface area contributed by atoms with Crippen molar-refractivity contribution in [1.29, 1.82) is 0 Å². The fraction of sp³-hybridized carbons (Fsp3) is 0.400. The number of nitrogens with two attached hydrogens (primary N) is 1. The van der Waals surface area contributed by atoms with E-state index in [1.807, 2.05) is 12.1 Å². The molecule has 0 fully saturated rings. The van der Waals surface area contributed by atoms with Crippen LogP contribution in [-0.4, -0.2) is 6.61 Å². The van der Waals surface area contributed by atoms with Crippen LogP contribution in [0.2, 0.25) is 0 Å². The molecule has 0 aliphatic carbocycles. The minimum atomic E-state index is -0.0697. The van der Waals surface area contributed by atoms with E-state index < -0.39 is 0 Å². The first-order chi connectivity index (χ1) is 6.27. The van der Waals surface area contributed by atoms with Crippen molar-refractivity contribution in [3.63, 3.8) is 0 Å². The summed E-state index contributed by atoms with van der Waals surface area (Å²) in [6.07, 6.45) is 2.21. The molecule has 0 aromatic heterocycles. The number of rotatable bonds is 1. The lowest BCUT2D eigenvalue weighted by molar-refractivity contribution is 0.288. The van der Waals surface area contributed by atoms with E-state index in [-0.39, 0.29) is 4.95 Å². The fourth-order valence-corrected chi connectivity index (χ4v) is 1.84. The van der Waals surface area contributed by atoms with E-state index in [4.69, 9.17) is 10.5 Å². The molecular weight excluding hydrogens is 230 g/mol. The molecule has 13 heavy (non-hydrogen) atoms. The van der Waals surface area contributed by atoms with Crippen molar-refractivity contribution in [3.05, 3.63) is 29.3 Å². The van der Waals surface area contributed by atoms with Gasteiger partial charge in [0.05, 0.1) is 11.6 Å². The van der Waals surface area contributed by atoms with Crippen LogP contribution in [0, 0.1) is 0 Å². The third-order valence-corrected chi connectivity index (χ3v) is 2.78. The summed E-state index contributed by atoms with van der Waals surface area (Å²) in [6, 6.07) is 6.13. The van der Waals surface area contributed by atoms with Gasteiger partial charge in [0, 0.05) is 0 Å². The molecule has 0 bridgehead atoms.